The Kier molecular flexibility index (Phi) is 4.42. The summed E-state index contributed by atoms with van der Waals surface area (Å²) < 4.78 is 13.8. The summed E-state index contributed by atoms with van der Waals surface area (Å²) in [5, 5.41) is 9.11. The second kappa shape index (κ2) is 5.91. The van der Waals surface area contributed by atoms with Crippen LogP contribution in [0.2, 0.25) is 0 Å². The molecule has 20 heavy (non-hydrogen) atoms. The van der Waals surface area contributed by atoms with Gasteiger partial charge in [-0.25, -0.2) is 4.39 Å². The zero-order chi connectivity index (χ0) is 14.9. The van der Waals surface area contributed by atoms with Crippen molar-refractivity contribution < 1.29 is 19.1 Å². The lowest BCUT2D eigenvalue weighted by atomic mass is 9.90. The van der Waals surface area contributed by atoms with Gasteiger partial charge in [0.2, 0.25) is 0 Å². The lowest BCUT2D eigenvalue weighted by molar-refractivity contribution is -0.143. The zero-order valence-electron chi connectivity index (χ0n) is 11.0. The van der Waals surface area contributed by atoms with Crippen LogP contribution in [0.3, 0.4) is 0 Å². The molecular formula is C14H15BrFNO3. The molecule has 0 saturated carbocycles. The van der Waals surface area contributed by atoms with E-state index in [1.807, 2.05) is 6.92 Å². The minimum absolute atomic E-state index is 0.116. The Hall–Kier alpha value is -1.43. The summed E-state index contributed by atoms with van der Waals surface area (Å²) in [6, 6.07) is 3.98. The van der Waals surface area contributed by atoms with Crippen LogP contribution in [0.5, 0.6) is 0 Å². The van der Waals surface area contributed by atoms with E-state index in [1.54, 1.807) is 6.07 Å². The number of hydrogen-bond donors (Lipinski definition) is 1. The number of amides is 1. The lowest BCUT2D eigenvalue weighted by Gasteiger charge is -2.34. The first-order chi connectivity index (χ1) is 9.36. The molecule has 0 aliphatic carbocycles. The molecule has 1 amide bonds. The molecule has 1 heterocycles. The van der Waals surface area contributed by atoms with Gasteiger partial charge in [0.25, 0.3) is 5.91 Å². The van der Waals surface area contributed by atoms with Crippen molar-refractivity contribution in [1.82, 2.24) is 4.90 Å². The van der Waals surface area contributed by atoms with Crippen LogP contribution < -0.4 is 0 Å². The molecule has 1 N–H and O–H groups in total. The molecule has 2 rings (SSSR count). The Morgan fingerprint density at radius 3 is 2.65 bits per heavy atom. The van der Waals surface area contributed by atoms with Crippen molar-refractivity contribution >= 4 is 27.8 Å². The van der Waals surface area contributed by atoms with Gasteiger partial charge in [0, 0.05) is 23.1 Å². The fraction of sp³-hybridized carbons (Fsp3) is 0.429. The van der Waals surface area contributed by atoms with Crippen LogP contribution >= 0.6 is 15.9 Å². The van der Waals surface area contributed by atoms with E-state index in [1.165, 1.54) is 17.0 Å². The van der Waals surface area contributed by atoms with Gasteiger partial charge in [-0.1, -0.05) is 22.9 Å². The summed E-state index contributed by atoms with van der Waals surface area (Å²) in [4.78, 5) is 25.0. The summed E-state index contributed by atoms with van der Waals surface area (Å²) in [5.74, 6) is -2.16. The van der Waals surface area contributed by atoms with Gasteiger partial charge in [-0.15, -0.1) is 0 Å². The maximum atomic E-state index is 13.3. The monoisotopic (exact) mass is 343 g/mol. The van der Waals surface area contributed by atoms with Gasteiger partial charge in [0.15, 0.2) is 0 Å². The molecule has 0 aromatic heterocycles. The first kappa shape index (κ1) is 15.0. The highest BCUT2D eigenvalue weighted by Crippen LogP contribution is 2.24. The average Bonchev–Trinajstić information content (AvgIpc) is 2.35. The summed E-state index contributed by atoms with van der Waals surface area (Å²) in [7, 11) is 0. The highest BCUT2D eigenvalue weighted by atomic mass is 79.9. The maximum Gasteiger partial charge on any atom is 0.308 e. The van der Waals surface area contributed by atoms with E-state index in [0.717, 1.165) is 0 Å². The SMILES string of the molecule is CC1CC(C(=O)O)CN(C(=O)c2cc(F)cc(Br)c2)C1. The molecule has 0 radical (unpaired) electrons. The van der Waals surface area contributed by atoms with E-state index in [9.17, 15) is 14.0 Å². The van der Waals surface area contributed by atoms with Gasteiger partial charge in [-0.05, 0) is 30.5 Å². The number of piperidine rings is 1. The molecule has 1 aromatic carbocycles. The fourth-order valence-corrected chi connectivity index (χ4v) is 3.02. The van der Waals surface area contributed by atoms with E-state index in [0.29, 0.717) is 17.4 Å². The third-order valence-electron chi connectivity index (χ3n) is 3.41. The minimum atomic E-state index is -0.894. The largest absolute Gasteiger partial charge is 0.481 e. The van der Waals surface area contributed by atoms with Crippen molar-refractivity contribution in [2.24, 2.45) is 11.8 Å². The first-order valence-corrected chi connectivity index (χ1v) is 7.14. The summed E-state index contributed by atoms with van der Waals surface area (Å²) >= 11 is 3.15. The van der Waals surface area contributed by atoms with Gasteiger partial charge in [0.1, 0.15) is 5.82 Å². The number of carboxylic acid groups (broad SMARTS) is 1. The average molecular weight is 344 g/mol. The standard InChI is InChI=1S/C14H15BrFNO3/c1-8-2-10(14(19)20)7-17(6-8)13(18)9-3-11(15)5-12(16)4-9/h3-5,8,10H,2,6-7H2,1H3,(H,19,20). The van der Waals surface area contributed by atoms with Crippen LogP contribution in [0.25, 0.3) is 0 Å². The van der Waals surface area contributed by atoms with Crippen molar-refractivity contribution in [1.29, 1.82) is 0 Å². The Morgan fingerprint density at radius 2 is 2.05 bits per heavy atom. The molecule has 1 aliphatic rings. The molecule has 6 heteroatoms. The Bertz CT molecular complexity index is 529. The molecule has 1 saturated heterocycles. The van der Waals surface area contributed by atoms with E-state index in [4.69, 9.17) is 5.11 Å². The van der Waals surface area contributed by atoms with Gasteiger partial charge in [-0.2, -0.15) is 0 Å². The third-order valence-corrected chi connectivity index (χ3v) is 3.86. The first-order valence-electron chi connectivity index (χ1n) is 6.35. The Morgan fingerprint density at radius 1 is 1.35 bits per heavy atom. The third kappa shape index (κ3) is 3.36. The quantitative estimate of drug-likeness (QED) is 0.898. The van der Waals surface area contributed by atoms with E-state index in [-0.39, 0.29) is 23.9 Å². The normalized spacial score (nSPS) is 22.6. The second-order valence-electron chi connectivity index (χ2n) is 5.24. The predicted octanol–water partition coefficient (Wildman–Crippen LogP) is 2.77. The highest BCUT2D eigenvalue weighted by Gasteiger charge is 2.32. The van der Waals surface area contributed by atoms with Crippen molar-refractivity contribution in [3.8, 4) is 0 Å². The van der Waals surface area contributed by atoms with Crippen LogP contribution in [0.4, 0.5) is 4.39 Å². The number of hydrogen-bond acceptors (Lipinski definition) is 2. The lowest BCUT2D eigenvalue weighted by Crippen LogP contribution is -2.45. The Labute approximate surface area is 124 Å². The molecule has 1 fully saturated rings. The number of benzene rings is 1. The van der Waals surface area contributed by atoms with Gasteiger partial charge in [0.05, 0.1) is 5.92 Å². The molecule has 108 valence electrons. The minimum Gasteiger partial charge on any atom is -0.481 e. The van der Waals surface area contributed by atoms with E-state index >= 15 is 0 Å². The number of likely N-dealkylation sites (tertiary alicyclic amines) is 1. The van der Waals surface area contributed by atoms with E-state index in [2.05, 4.69) is 15.9 Å². The molecular weight excluding hydrogens is 329 g/mol. The number of carboxylic acids is 1. The van der Waals surface area contributed by atoms with Crippen LogP contribution in [0.15, 0.2) is 22.7 Å². The van der Waals surface area contributed by atoms with E-state index < -0.39 is 17.7 Å². The van der Waals surface area contributed by atoms with Crippen molar-refractivity contribution in [2.75, 3.05) is 13.1 Å². The van der Waals surface area contributed by atoms with Crippen molar-refractivity contribution in [3.63, 3.8) is 0 Å². The smallest absolute Gasteiger partial charge is 0.308 e. The summed E-state index contributed by atoms with van der Waals surface area (Å²) in [5.41, 5.74) is 0.232. The zero-order valence-corrected chi connectivity index (χ0v) is 12.6. The Balaban J connectivity index is 2.21. The van der Waals surface area contributed by atoms with Crippen molar-refractivity contribution in [3.05, 3.63) is 34.1 Å². The number of halogens is 2. The van der Waals surface area contributed by atoms with Gasteiger partial charge >= 0.3 is 5.97 Å². The number of nitrogens with zero attached hydrogens (tertiary/aromatic N) is 1. The molecule has 4 nitrogen and oxygen atoms in total. The number of carbonyl (C=O) groups is 2. The molecule has 2 unspecified atom stereocenters. The molecule has 2 atom stereocenters. The maximum absolute atomic E-state index is 13.3. The van der Waals surface area contributed by atoms with Gasteiger partial charge in [-0.3, -0.25) is 9.59 Å². The predicted molar refractivity (Wildman–Crippen MR) is 74.9 cm³/mol. The molecule has 0 bridgehead atoms. The molecule has 1 aromatic rings. The number of rotatable bonds is 2. The van der Waals surface area contributed by atoms with Crippen LogP contribution in [-0.2, 0) is 4.79 Å². The number of carbonyl (C=O) groups excluding carboxylic acids is 1. The molecule has 0 spiro atoms. The molecule has 1 aliphatic heterocycles. The van der Waals surface area contributed by atoms with Crippen molar-refractivity contribution in [2.45, 2.75) is 13.3 Å². The highest BCUT2D eigenvalue weighted by molar-refractivity contribution is 9.10. The number of aliphatic carboxylic acids is 1. The summed E-state index contributed by atoms with van der Waals surface area (Å²) in [6.07, 6.45) is 0.561. The van der Waals surface area contributed by atoms with Crippen LogP contribution in [0.1, 0.15) is 23.7 Å². The van der Waals surface area contributed by atoms with Crippen LogP contribution in [-0.4, -0.2) is 35.0 Å². The van der Waals surface area contributed by atoms with Gasteiger partial charge < -0.3 is 10.0 Å². The topological polar surface area (TPSA) is 57.6 Å². The second-order valence-corrected chi connectivity index (χ2v) is 6.16. The fourth-order valence-electron chi connectivity index (χ4n) is 2.56. The summed E-state index contributed by atoms with van der Waals surface area (Å²) in [6.45, 7) is 2.58. The van der Waals surface area contributed by atoms with Crippen LogP contribution in [0, 0.1) is 17.7 Å².